The lowest BCUT2D eigenvalue weighted by Crippen LogP contribution is -2.03. The third-order valence-corrected chi connectivity index (χ3v) is 3.12. The van der Waals surface area contributed by atoms with Gasteiger partial charge in [-0.1, -0.05) is 19.1 Å². The second-order valence-electron chi connectivity index (χ2n) is 4.71. The fraction of sp³-hybridized carbons (Fsp3) is 0.267. The molecule has 0 saturated heterocycles. The molecule has 2 aromatic rings. The van der Waals surface area contributed by atoms with Crippen molar-refractivity contribution in [2.45, 2.75) is 27.2 Å². The molecule has 20 heavy (non-hydrogen) atoms. The lowest BCUT2D eigenvalue weighted by atomic mass is 10.1. The summed E-state index contributed by atoms with van der Waals surface area (Å²) in [6.07, 6.45) is 0.961. The number of hydrogen-bond acceptors (Lipinski definition) is 4. The van der Waals surface area contributed by atoms with Crippen LogP contribution in [-0.2, 0) is 6.42 Å². The molecule has 0 spiro atoms. The van der Waals surface area contributed by atoms with Crippen LogP contribution in [0.25, 0.3) is 0 Å². The molecule has 0 aliphatic carbocycles. The first-order chi connectivity index (χ1) is 9.51. The van der Waals surface area contributed by atoms with Gasteiger partial charge in [-0.2, -0.15) is 0 Å². The van der Waals surface area contributed by atoms with Crippen LogP contribution in [0.1, 0.15) is 23.7 Å². The van der Waals surface area contributed by atoms with Gasteiger partial charge in [0.25, 0.3) is 0 Å². The van der Waals surface area contributed by atoms with Gasteiger partial charge in [-0.25, -0.2) is 4.98 Å². The lowest BCUT2D eigenvalue weighted by molar-refractivity contribution is -0.384. The van der Waals surface area contributed by atoms with Gasteiger partial charge in [0.15, 0.2) is 0 Å². The smallest absolute Gasteiger partial charge is 0.314 e. The number of benzene rings is 1. The summed E-state index contributed by atoms with van der Waals surface area (Å²) >= 11 is 0. The highest BCUT2D eigenvalue weighted by Gasteiger charge is 2.19. The number of hydrogen-bond donors (Lipinski definition) is 1. The zero-order chi connectivity index (χ0) is 14.7. The Morgan fingerprint density at radius 2 is 1.90 bits per heavy atom. The summed E-state index contributed by atoms with van der Waals surface area (Å²) < 4.78 is 0. The van der Waals surface area contributed by atoms with Crippen LogP contribution in [-0.4, -0.2) is 9.91 Å². The van der Waals surface area contributed by atoms with E-state index in [1.165, 1.54) is 5.56 Å². The molecule has 1 N–H and O–H groups in total. The Hall–Kier alpha value is -2.43. The van der Waals surface area contributed by atoms with E-state index in [9.17, 15) is 10.1 Å². The second-order valence-corrected chi connectivity index (χ2v) is 4.71. The summed E-state index contributed by atoms with van der Waals surface area (Å²) in [6, 6.07) is 9.51. The third-order valence-electron chi connectivity index (χ3n) is 3.12. The van der Waals surface area contributed by atoms with Crippen LogP contribution in [0.5, 0.6) is 0 Å². The van der Waals surface area contributed by atoms with E-state index in [0.717, 1.165) is 17.8 Å². The Morgan fingerprint density at radius 3 is 2.45 bits per heavy atom. The molecule has 0 unspecified atom stereocenters. The molecule has 1 heterocycles. The maximum Gasteiger partial charge on any atom is 0.314 e. The molecule has 104 valence electrons. The number of pyridine rings is 1. The van der Waals surface area contributed by atoms with Crippen molar-refractivity contribution >= 4 is 17.2 Å². The van der Waals surface area contributed by atoms with Gasteiger partial charge in [-0.15, -0.1) is 0 Å². The molecule has 1 aromatic carbocycles. The summed E-state index contributed by atoms with van der Waals surface area (Å²) in [7, 11) is 0. The van der Waals surface area contributed by atoms with Gasteiger partial charge >= 0.3 is 5.69 Å². The largest absolute Gasteiger partial charge is 0.334 e. The van der Waals surface area contributed by atoms with Crippen LogP contribution in [0.15, 0.2) is 30.3 Å². The van der Waals surface area contributed by atoms with E-state index in [1.54, 1.807) is 13.0 Å². The number of aryl methyl sites for hydroxylation is 3. The Balaban J connectivity index is 2.39. The summed E-state index contributed by atoms with van der Waals surface area (Å²) in [4.78, 5) is 15.0. The quantitative estimate of drug-likeness (QED) is 0.676. The minimum atomic E-state index is -0.398. The fourth-order valence-corrected chi connectivity index (χ4v) is 2.11. The first kappa shape index (κ1) is 14.0. The van der Waals surface area contributed by atoms with Gasteiger partial charge in [-0.3, -0.25) is 10.1 Å². The van der Waals surface area contributed by atoms with Crippen molar-refractivity contribution in [2.24, 2.45) is 0 Å². The number of aromatic nitrogens is 1. The average molecular weight is 271 g/mol. The minimum Gasteiger partial charge on any atom is -0.334 e. The molecule has 2 rings (SSSR count). The second kappa shape index (κ2) is 5.69. The van der Waals surface area contributed by atoms with Crippen molar-refractivity contribution < 1.29 is 4.92 Å². The van der Waals surface area contributed by atoms with Gasteiger partial charge in [0.2, 0.25) is 5.82 Å². The normalized spacial score (nSPS) is 10.3. The predicted octanol–water partition coefficient (Wildman–Crippen LogP) is 3.91. The monoisotopic (exact) mass is 271 g/mol. The summed E-state index contributed by atoms with van der Waals surface area (Å²) in [5, 5.41) is 14.2. The minimum absolute atomic E-state index is 0.0233. The predicted molar refractivity (Wildman–Crippen MR) is 79.5 cm³/mol. The van der Waals surface area contributed by atoms with Crippen molar-refractivity contribution in [2.75, 3.05) is 5.32 Å². The highest BCUT2D eigenvalue weighted by Crippen LogP contribution is 2.29. The zero-order valence-electron chi connectivity index (χ0n) is 11.8. The number of rotatable bonds is 4. The van der Waals surface area contributed by atoms with E-state index in [0.29, 0.717) is 5.56 Å². The van der Waals surface area contributed by atoms with Gasteiger partial charge in [-0.05, 0) is 44.0 Å². The lowest BCUT2D eigenvalue weighted by Gasteiger charge is -2.09. The summed E-state index contributed by atoms with van der Waals surface area (Å²) in [5.74, 6) is 0.289. The van der Waals surface area contributed by atoms with E-state index in [-0.39, 0.29) is 11.5 Å². The highest BCUT2D eigenvalue weighted by molar-refractivity contribution is 5.68. The first-order valence-corrected chi connectivity index (χ1v) is 6.50. The molecule has 0 aliphatic rings. The molecular weight excluding hydrogens is 254 g/mol. The third kappa shape index (κ3) is 2.93. The number of anilines is 2. The molecule has 0 atom stereocenters. The standard InChI is InChI=1S/C15H17N3O2/c1-4-12-5-7-13(8-6-12)17-15-14(18(19)20)10(2)9-11(3)16-15/h5-9H,4H2,1-3H3,(H,16,17). The van der Waals surface area contributed by atoms with Gasteiger partial charge in [0, 0.05) is 16.9 Å². The van der Waals surface area contributed by atoms with Crippen LogP contribution >= 0.6 is 0 Å². The average Bonchev–Trinajstić information content (AvgIpc) is 2.38. The van der Waals surface area contributed by atoms with Crippen molar-refractivity contribution in [3.05, 3.63) is 57.3 Å². The van der Waals surface area contributed by atoms with Gasteiger partial charge < -0.3 is 5.32 Å². The molecule has 0 saturated carbocycles. The van der Waals surface area contributed by atoms with Crippen molar-refractivity contribution in [3.8, 4) is 0 Å². The van der Waals surface area contributed by atoms with Gasteiger partial charge in [0.05, 0.1) is 4.92 Å². The van der Waals surface area contributed by atoms with Crippen LogP contribution in [0.2, 0.25) is 0 Å². The van der Waals surface area contributed by atoms with Crippen molar-refractivity contribution in [1.82, 2.24) is 4.98 Å². The Bertz CT molecular complexity index is 636. The number of nitrogens with one attached hydrogen (secondary N) is 1. The maximum atomic E-state index is 11.2. The summed E-state index contributed by atoms with van der Waals surface area (Å²) in [5.41, 5.74) is 3.40. The molecule has 1 aromatic heterocycles. The Kier molecular flexibility index (Phi) is 3.98. The van der Waals surface area contributed by atoms with E-state index in [1.807, 2.05) is 31.2 Å². The molecule has 0 radical (unpaired) electrons. The van der Waals surface area contributed by atoms with E-state index >= 15 is 0 Å². The molecular formula is C15H17N3O2. The van der Waals surface area contributed by atoms with Crippen molar-refractivity contribution in [3.63, 3.8) is 0 Å². The summed E-state index contributed by atoms with van der Waals surface area (Å²) in [6.45, 7) is 5.62. The topological polar surface area (TPSA) is 68.1 Å². The fourth-order valence-electron chi connectivity index (χ4n) is 2.11. The van der Waals surface area contributed by atoms with Crippen LogP contribution < -0.4 is 5.32 Å². The first-order valence-electron chi connectivity index (χ1n) is 6.50. The van der Waals surface area contributed by atoms with E-state index < -0.39 is 4.92 Å². The molecule has 0 amide bonds. The van der Waals surface area contributed by atoms with Crippen LogP contribution in [0.4, 0.5) is 17.2 Å². The van der Waals surface area contributed by atoms with Crippen LogP contribution in [0.3, 0.4) is 0 Å². The zero-order valence-corrected chi connectivity index (χ0v) is 11.8. The SMILES string of the molecule is CCc1ccc(Nc2nc(C)cc(C)c2[N+](=O)[O-])cc1. The molecule has 0 bridgehead atoms. The molecule has 5 heteroatoms. The van der Waals surface area contributed by atoms with Crippen LogP contribution in [0, 0.1) is 24.0 Å². The van der Waals surface area contributed by atoms with Gasteiger partial charge in [0.1, 0.15) is 0 Å². The Morgan fingerprint density at radius 1 is 1.25 bits per heavy atom. The highest BCUT2D eigenvalue weighted by atomic mass is 16.6. The van der Waals surface area contributed by atoms with E-state index in [4.69, 9.17) is 0 Å². The maximum absolute atomic E-state index is 11.2. The van der Waals surface area contributed by atoms with Crippen molar-refractivity contribution in [1.29, 1.82) is 0 Å². The Labute approximate surface area is 117 Å². The molecule has 0 aliphatic heterocycles. The number of nitro groups is 1. The molecule has 5 nitrogen and oxygen atoms in total. The van der Waals surface area contributed by atoms with E-state index in [2.05, 4.69) is 17.2 Å². The number of nitrogens with zero attached hydrogens (tertiary/aromatic N) is 2. The molecule has 0 fully saturated rings.